The molecule has 1 aromatic heterocycles. The first kappa shape index (κ1) is 15.3. The zero-order valence-electron chi connectivity index (χ0n) is 13.3. The first-order valence-corrected chi connectivity index (χ1v) is 7.67. The van der Waals surface area contributed by atoms with E-state index in [2.05, 4.69) is 10.3 Å². The van der Waals surface area contributed by atoms with Crippen molar-refractivity contribution >= 4 is 11.8 Å². The van der Waals surface area contributed by atoms with Gasteiger partial charge in [0.25, 0.3) is 0 Å². The van der Waals surface area contributed by atoms with E-state index in [4.69, 9.17) is 0 Å². The van der Waals surface area contributed by atoms with E-state index in [1.807, 2.05) is 42.0 Å². The van der Waals surface area contributed by atoms with Crippen LogP contribution in [0.1, 0.15) is 24.9 Å². The molecule has 6 heteroatoms. The predicted molar refractivity (Wildman–Crippen MR) is 85.9 cm³/mol. The Morgan fingerprint density at radius 3 is 2.91 bits per heavy atom. The van der Waals surface area contributed by atoms with Crippen LogP contribution in [0.2, 0.25) is 0 Å². The maximum Gasteiger partial charge on any atom is 0.225 e. The second kappa shape index (κ2) is 6.24. The summed E-state index contributed by atoms with van der Waals surface area (Å²) in [6.07, 6.45) is 5.64. The minimum atomic E-state index is -0.258. The van der Waals surface area contributed by atoms with Crippen LogP contribution >= 0.6 is 0 Å². The molecular formula is C17H20N4O2. The maximum absolute atomic E-state index is 12.3. The van der Waals surface area contributed by atoms with Gasteiger partial charge in [0.2, 0.25) is 11.8 Å². The van der Waals surface area contributed by atoms with E-state index in [9.17, 15) is 9.59 Å². The van der Waals surface area contributed by atoms with Crippen LogP contribution in [0, 0.1) is 5.92 Å². The molecule has 0 aliphatic carbocycles. The standard InChI is InChI=1S/C17H20N4O2/c1-12(19-17(23)14-9-16(22)20(2)10-14)13-4-3-5-15(8-13)21-7-6-18-11-21/h3-8,11-12,14H,9-10H2,1-2H3,(H,19,23)/t12-,14-/m0/s1. The van der Waals surface area contributed by atoms with Crippen LogP contribution in [-0.4, -0.2) is 39.9 Å². The number of hydrogen-bond donors (Lipinski definition) is 1. The summed E-state index contributed by atoms with van der Waals surface area (Å²) in [4.78, 5) is 29.5. The zero-order valence-corrected chi connectivity index (χ0v) is 13.3. The summed E-state index contributed by atoms with van der Waals surface area (Å²) in [6.45, 7) is 2.44. The van der Waals surface area contributed by atoms with Crippen LogP contribution in [0.15, 0.2) is 43.0 Å². The molecular weight excluding hydrogens is 292 g/mol. The van der Waals surface area contributed by atoms with Crippen LogP contribution in [-0.2, 0) is 9.59 Å². The van der Waals surface area contributed by atoms with Gasteiger partial charge >= 0.3 is 0 Å². The highest BCUT2D eigenvalue weighted by atomic mass is 16.2. The Kier molecular flexibility index (Phi) is 4.14. The normalized spacial score (nSPS) is 19.0. The summed E-state index contributed by atoms with van der Waals surface area (Å²) < 4.78 is 1.92. The van der Waals surface area contributed by atoms with Gasteiger partial charge in [-0.2, -0.15) is 0 Å². The molecule has 1 aliphatic heterocycles. The largest absolute Gasteiger partial charge is 0.349 e. The molecule has 6 nitrogen and oxygen atoms in total. The number of aromatic nitrogens is 2. The lowest BCUT2D eigenvalue weighted by Crippen LogP contribution is -2.34. The lowest BCUT2D eigenvalue weighted by Gasteiger charge is -2.18. The highest BCUT2D eigenvalue weighted by Gasteiger charge is 2.32. The van der Waals surface area contributed by atoms with Gasteiger partial charge in [0, 0.05) is 38.1 Å². The van der Waals surface area contributed by atoms with E-state index in [0.717, 1.165) is 11.3 Å². The number of rotatable bonds is 4. The summed E-state index contributed by atoms with van der Waals surface area (Å²) in [5.74, 6) is -0.296. The number of nitrogens with one attached hydrogen (secondary N) is 1. The van der Waals surface area contributed by atoms with Crippen LogP contribution in [0.5, 0.6) is 0 Å². The number of carbonyl (C=O) groups is 2. The Morgan fingerprint density at radius 2 is 2.26 bits per heavy atom. The average molecular weight is 312 g/mol. The number of amides is 2. The molecule has 3 rings (SSSR count). The lowest BCUT2D eigenvalue weighted by molar-refractivity contribution is -0.128. The fourth-order valence-electron chi connectivity index (χ4n) is 2.82. The van der Waals surface area contributed by atoms with E-state index in [1.54, 1.807) is 24.5 Å². The van der Waals surface area contributed by atoms with Crippen molar-refractivity contribution in [2.24, 2.45) is 5.92 Å². The molecule has 1 aliphatic rings. The van der Waals surface area contributed by atoms with Crippen molar-refractivity contribution < 1.29 is 9.59 Å². The molecule has 0 saturated carbocycles. The molecule has 2 aromatic rings. The van der Waals surface area contributed by atoms with Crippen molar-refractivity contribution in [3.8, 4) is 5.69 Å². The van der Waals surface area contributed by atoms with Crippen LogP contribution in [0.25, 0.3) is 5.69 Å². The van der Waals surface area contributed by atoms with Gasteiger partial charge in [0.05, 0.1) is 18.3 Å². The number of likely N-dealkylation sites (tertiary alicyclic amines) is 1. The number of imidazole rings is 1. The number of carbonyl (C=O) groups excluding carboxylic acids is 2. The minimum absolute atomic E-state index is 0.0277. The van der Waals surface area contributed by atoms with E-state index >= 15 is 0 Å². The highest BCUT2D eigenvalue weighted by molar-refractivity contribution is 5.89. The van der Waals surface area contributed by atoms with Gasteiger partial charge in [-0.05, 0) is 24.6 Å². The fourth-order valence-corrected chi connectivity index (χ4v) is 2.82. The lowest BCUT2D eigenvalue weighted by atomic mass is 10.0. The Morgan fingerprint density at radius 1 is 1.43 bits per heavy atom. The summed E-state index contributed by atoms with van der Waals surface area (Å²) in [5.41, 5.74) is 2.01. The Hall–Kier alpha value is -2.63. The number of hydrogen-bond acceptors (Lipinski definition) is 3. The molecule has 0 radical (unpaired) electrons. The number of benzene rings is 1. The molecule has 1 N–H and O–H groups in total. The van der Waals surface area contributed by atoms with Crippen molar-refractivity contribution in [2.45, 2.75) is 19.4 Å². The van der Waals surface area contributed by atoms with Gasteiger partial charge in [0.1, 0.15) is 0 Å². The van der Waals surface area contributed by atoms with Crippen LogP contribution in [0.4, 0.5) is 0 Å². The molecule has 120 valence electrons. The van der Waals surface area contributed by atoms with Crippen LogP contribution in [0.3, 0.4) is 0 Å². The molecule has 0 bridgehead atoms. The van der Waals surface area contributed by atoms with Crippen molar-refractivity contribution in [3.63, 3.8) is 0 Å². The third-order valence-corrected chi connectivity index (χ3v) is 4.24. The Balaban J connectivity index is 1.69. The highest BCUT2D eigenvalue weighted by Crippen LogP contribution is 2.20. The minimum Gasteiger partial charge on any atom is -0.349 e. The topological polar surface area (TPSA) is 67.2 Å². The molecule has 1 aromatic carbocycles. The monoisotopic (exact) mass is 312 g/mol. The quantitative estimate of drug-likeness (QED) is 0.931. The maximum atomic E-state index is 12.3. The Labute approximate surface area is 135 Å². The smallest absolute Gasteiger partial charge is 0.225 e. The average Bonchev–Trinajstić information content (AvgIpc) is 3.18. The second-order valence-electron chi connectivity index (χ2n) is 5.97. The van der Waals surface area contributed by atoms with E-state index in [0.29, 0.717) is 13.0 Å². The molecule has 0 unspecified atom stereocenters. The number of nitrogens with zero attached hydrogens (tertiary/aromatic N) is 3. The molecule has 1 saturated heterocycles. The first-order valence-electron chi connectivity index (χ1n) is 7.67. The zero-order chi connectivity index (χ0) is 16.4. The third-order valence-electron chi connectivity index (χ3n) is 4.24. The van der Waals surface area contributed by atoms with E-state index in [-0.39, 0.29) is 23.8 Å². The molecule has 0 spiro atoms. The van der Waals surface area contributed by atoms with Gasteiger partial charge in [-0.15, -0.1) is 0 Å². The molecule has 1 fully saturated rings. The second-order valence-corrected chi connectivity index (χ2v) is 5.97. The van der Waals surface area contributed by atoms with E-state index in [1.165, 1.54) is 0 Å². The van der Waals surface area contributed by atoms with Crippen LogP contribution < -0.4 is 5.32 Å². The van der Waals surface area contributed by atoms with Crippen molar-refractivity contribution in [3.05, 3.63) is 48.5 Å². The summed E-state index contributed by atoms with van der Waals surface area (Å²) >= 11 is 0. The predicted octanol–water partition coefficient (Wildman–Crippen LogP) is 1.53. The molecule has 2 atom stereocenters. The molecule has 23 heavy (non-hydrogen) atoms. The fraction of sp³-hybridized carbons (Fsp3) is 0.353. The van der Waals surface area contributed by atoms with Gasteiger partial charge < -0.3 is 14.8 Å². The van der Waals surface area contributed by atoms with Crippen molar-refractivity contribution in [2.75, 3.05) is 13.6 Å². The van der Waals surface area contributed by atoms with Gasteiger partial charge in [0.15, 0.2) is 0 Å². The van der Waals surface area contributed by atoms with Gasteiger partial charge in [-0.1, -0.05) is 12.1 Å². The first-order chi connectivity index (χ1) is 11.0. The summed E-state index contributed by atoms with van der Waals surface area (Å²) in [5, 5.41) is 3.01. The summed E-state index contributed by atoms with van der Waals surface area (Å²) in [7, 11) is 1.73. The van der Waals surface area contributed by atoms with E-state index < -0.39 is 0 Å². The molecule has 2 heterocycles. The summed E-state index contributed by atoms with van der Waals surface area (Å²) in [6, 6.07) is 7.84. The Bertz CT molecular complexity index is 711. The van der Waals surface area contributed by atoms with Gasteiger partial charge in [-0.3, -0.25) is 9.59 Å². The third kappa shape index (κ3) is 3.26. The van der Waals surface area contributed by atoms with Gasteiger partial charge in [-0.25, -0.2) is 4.98 Å². The molecule has 2 amide bonds. The van der Waals surface area contributed by atoms with Crippen molar-refractivity contribution in [1.29, 1.82) is 0 Å². The SMILES string of the molecule is C[C@H](NC(=O)[C@H]1CC(=O)N(C)C1)c1cccc(-n2ccnc2)c1. The van der Waals surface area contributed by atoms with Crippen molar-refractivity contribution in [1.82, 2.24) is 19.8 Å².